The molecule has 6 heteroatoms. The zero-order valence-electron chi connectivity index (χ0n) is 13.1. The number of aromatic nitrogens is 2. The molecule has 3 aromatic rings. The number of nitrogens with zero attached hydrogens (tertiary/aromatic N) is 2. The summed E-state index contributed by atoms with van der Waals surface area (Å²) in [5.41, 5.74) is 0. The minimum atomic E-state index is -0.00668. The fourth-order valence-corrected chi connectivity index (χ4v) is 4.38. The van der Waals surface area contributed by atoms with Crippen LogP contribution < -0.4 is 8.97 Å². The van der Waals surface area contributed by atoms with E-state index in [1.54, 1.807) is 15.2 Å². The first-order valence-corrected chi connectivity index (χ1v) is 9.28. The molecule has 1 aliphatic rings. The van der Waals surface area contributed by atoms with Gasteiger partial charge in [-0.3, -0.25) is 0 Å². The zero-order valence-corrected chi connectivity index (χ0v) is 14.7. The second-order valence-corrected chi connectivity index (χ2v) is 7.41. The van der Waals surface area contributed by atoms with E-state index in [0.717, 1.165) is 14.7 Å². The van der Waals surface area contributed by atoms with Gasteiger partial charge in [0.15, 0.2) is 12.4 Å². The van der Waals surface area contributed by atoms with Gasteiger partial charge in [-0.15, -0.1) is 8.97 Å². The minimum Gasteiger partial charge on any atom is -0.458 e. The number of thiazole rings is 1. The molecule has 25 heavy (non-hydrogen) atoms. The van der Waals surface area contributed by atoms with Gasteiger partial charge in [-0.05, 0) is 36.0 Å². The summed E-state index contributed by atoms with van der Waals surface area (Å²) in [4.78, 5) is 14.7. The summed E-state index contributed by atoms with van der Waals surface area (Å²) in [6.45, 7) is 0. The van der Waals surface area contributed by atoms with E-state index in [-0.39, 0.29) is 11.8 Å². The van der Waals surface area contributed by atoms with Crippen molar-refractivity contribution in [3.63, 3.8) is 0 Å². The van der Waals surface area contributed by atoms with E-state index in [0.29, 0.717) is 4.91 Å². The summed E-state index contributed by atoms with van der Waals surface area (Å²) in [7, 11) is 0. The second-order valence-electron chi connectivity index (χ2n) is 5.29. The standard InChI is InChI=1S/C19H13N2O2S2/c22-18-14(24-16-10-4-6-12-20(16)18)8-2-1-3-9-15-19(23)21-13-7-5-11-17(21)25-15/h1-13H/q+1/p+1. The van der Waals surface area contributed by atoms with Gasteiger partial charge in [-0.2, -0.15) is 0 Å². The van der Waals surface area contributed by atoms with Crippen LogP contribution >= 0.6 is 23.1 Å². The van der Waals surface area contributed by atoms with Gasteiger partial charge in [-0.25, -0.2) is 4.79 Å². The summed E-state index contributed by atoms with van der Waals surface area (Å²) in [6, 6.07) is 11.5. The lowest BCUT2D eigenvalue weighted by atomic mass is 10.3. The number of thioether (sulfide) groups is 1. The van der Waals surface area contributed by atoms with Crippen LogP contribution in [0.5, 0.6) is 5.88 Å². The van der Waals surface area contributed by atoms with Crippen LogP contribution in [-0.2, 0) is 0 Å². The molecule has 3 aromatic heterocycles. The van der Waals surface area contributed by atoms with Crippen molar-refractivity contribution in [2.45, 2.75) is 5.03 Å². The Labute approximate surface area is 152 Å². The predicted octanol–water partition coefficient (Wildman–Crippen LogP) is 3.38. The molecular weight excluding hydrogens is 352 g/mol. The van der Waals surface area contributed by atoms with Crippen LogP contribution in [-0.4, -0.2) is 11.0 Å². The van der Waals surface area contributed by atoms with E-state index in [1.807, 2.05) is 73.0 Å². The molecular formula is C19H14N2O2S2+2. The fourth-order valence-electron chi connectivity index (χ4n) is 2.48. The number of hydrogen-bond acceptors (Lipinski definition) is 4. The highest BCUT2D eigenvalue weighted by atomic mass is 32.2. The number of fused-ring (bicyclic) bond motifs is 2. The number of pyridine rings is 2. The van der Waals surface area contributed by atoms with Gasteiger partial charge in [0, 0.05) is 24.3 Å². The lowest BCUT2D eigenvalue weighted by Crippen LogP contribution is -2.39. The monoisotopic (exact) mass is 366 g/mol. The SMILES string of the molecule is O=C1/C(=C/C=C/C=C/c2sc3cccc[n+]3c2O)Sc2cccc[n+]21. The molecule has 122 valence electrons. The average Bonchev–Trinajstić information content (AvgIpc) is 3.13. The molecule has 0 bridgehead atoms. The maximum absolute atomic E-state index is 12.2. The maximum Gasteiger partial charge on any atom is 0.432 e. The number of carbonyl (C=O) groups excluding carboxylic acids is 1. The van der Waals surface area contributed by atoms with E-state index in [9.17, 15) is 9.90 Å². The van der Waals surface area contributed by atoms with E-state index >= 15 is 0 Å². The first kappa shape index (κ1) is 15.8. The smallest absolute Gasteiger partial charge is 0.432 e. The van der Waals surface area contributed by atoms with E-state index < -0.39 is 0 Å². The summed E-state index contributed by atoms with van der Waals surface area (Å²) in [5.74, 6) is 0.227. The normalized spacial score (nSPS) is 15.8. The van der Waals surface area contributed by atoms with Crippen molar-refractivity contribution in [2.75, 3.05) is 0 Å². The molecule has 0 atom stereocenters. The molecule has 1 N–H and O–H groups in total. The molecule has 0 unspecified atom stereocenters. The van der Waals surface area contributed by atoms with Crippen LogP contribution in [0, 0.1) is 0 Å². The number of rotatable bonds is 3. The molecule has 4 nitrogen and oxygen atoms in total. The topological polar surface area (TPSA) is 45.3 Å². The third-order valence-electron chi connectivity index (χ3n) is 3.67. The van der Waals surface area contributed by atoms with Crippen molar-refractivity contribution in [3.8, 4) is 5.88 Å². The van der Waals surface area contributed by atoms with Gasteiger partial charge >= 0.3 is 11.8 Å². The van der Waals surface area contributed by atoms with E-state index in [2.05, 4.69) is 0 Å². The quantitative estimate of drug-likeness (QED) is 0.439. The Balaban J connectivity index is 1.49. The first-order chi connectivity index (χ1) is 12.2. The Hall–Kier alpha value is -2.70. The van der Waals surface area contributed by atoms with Gasteiger partial charge < -0.3 is 5.11 Å². The Morgan fingerprint density at radius 2 is 1.84 bits per heavy atom. The summed E-state index contributed by atoms with van der Waals surface area (Å²) >= 11 is 2.98. The molecule has 0 spiro atoms. The average molecular weight is 366 g/mol. The van der Waals surface area contributed by atoms with Crippen LogP contribution in [0.25, 0.3) is 10.9 Å². The third-order valence-corrected chi connectivity index (χ3v) is 5.82. The summed E-state index contributed by atoms with van der Waals surface area (Å²) < 4.78 is 3.39. The lowest BCUT2D eigenvalue weighted by Gasteiger charge is -1.83. The number of aromatic hydroxyl groups is 1. The van der Waals surface area contributed by atoms with Crippen molar-refractivity contribution in [2.24, 2.45) is 0 Å². The molecule has 4 rings (SSSR count). The lowest BCUT2D eigenvalue weighted by molar-refractivity contribution is -0.607. The maximum atomic E-state index is 12.2. The molecule has 0 aromatic carbocycles. The Kier molecular flexibility index (Phi) is 4.21. The molecule has 0 radical (unpaired) electrons. The molecule has 0 saturated carbocycles. The molecule has 0 amide bonds. The zero-order chi connectivity index (χ0) is 17.2. The van der Waals surface area contributed by atoms with Crippen LogP contribution in [0.4, 0.5) is 0 Å². The van der Waals surface area contributed by atoms with Crippen LogP contribution in [0.15, 0.2) is 83.0 Å². The van der Waals surface area contributed by atoms with Crippen molar-refractivity contribution < 1.29 is 18.9 Å². The molecule has 0 saturated heterocycles. The minimum absolute atomic E-state index is 0.00668. The Morgan fingerprint density at radius 1 is 1.00 bits per heavy atom. The number of carbonyl (C=O) groups is 1. The molecule has 0 aliphatic carbocycles. The van der Waals surface area contributed by atoms with Crippen molar-refractivity contribution in [1.82, 2.24) is 0 Å². The third kappa shape index (κ3) is 3.01. The van der Waals surface area contributed by atoms with Gasteiger partial charge in [0.1, 0.15) is 9.78 Å². The fraction of sp³-hybridized carbons (Fsp3) is 0. The van der Waals surface area contributed by atoms with Crippen LogP contribution in [0.3, 0.4) is 0 Å². The van der Waals surface area contributed by atoms with Crippen LogP contribution in [0.2, 0.25) is 0 Å². The second kappa shape index (κ2) is 6.66. The van der Waals surface area contributed by atoms with Crippen molar-refractivity contribution >= 4 is 39.9 Å². The number of hydrogen-bond donors (Lipinski definition) is 1. The predicted molar refractivity (Wildman–Crippen MR) is 98.5 cm³/mol. The Morgan fingerprint density at radius 3 is 2.68 bits per heavy atom. The van der Waals surface area contributed by atoms with E-state index in [4.69, 9.17) is 0 Å². The summed E-state index contributed by atoms with van der Waals surface area (Å²) in [6.07, 6.45) is 12.8. The van der Waals surface area contributed by atoms with Gasteiger partial charge in [0.2, 0.25) is 0 Å². The number of allylic oxidation sites excluding steroid dienone is 5. The highest BCUT2D eigenvalue weighted by Gasteiger charge is 2.34. The van der Waals surface area contributed by atoms with Gasteiger partial charge in [-0.1, -0.05) is 29.6 Å². The molecule has 4 heterocycles. The van der Waals surface area contributed by atoms with Gasteiger partial charge in [0.25, 0.3) is 9.86 Å². The molecule has 0 fully saturated rings. The van der Waals surface area contributed by atoms with Crippen molar-refractivity contribution in [3.05, 3.63) is 82.9 Å². The summed E-state index contributed by atoms with van der Waals surface area (Å²) in [5, 5.41) is 11.1. The largest absolute Gasteiger partial charge is 0.458 e. The molecule has 1 aliphatic heterocycles. The van der Waals surface area contributed by atoms with Crippen LogP contribution in [0.1, 0.15) is 9.67 Å². The highest BCUT2D eigenvalue weighted by Crippen LogP contribution is 2.29. The van der Waals surface area contributed by atoms with Gasteiger partial charge in [0.05, 0.1) is 0 Å². The van der Waals surface area contributed by atoms with E-state index in [1.165, 1.54) is 23.1 Å². The van der Waals surface area contributed by atoms with Crippen molar-refractivity contribution in [1.29, 1.82) is 0 Å². The Bertz CT molecular complexity index is 1060. The first-order valence-electron chi connectivity index (χ1n) is 7.64. The highest BCUT2D eigenvalue weighted by molar-refractivity contribution is 8.04.